The second-order valence-electron chi connectivity index (χ2n) is 4.12. The van der Waals surface area contributed by atoms with Gasteiger partial charge in [-0.05, 0) is 24.7 Å². The lowest BCUT2D eigenvalue weighted by Gasteiger charge is -2.21. The number of hydrogen-bond acceptors (Lipinski definition) is 1. The average molecular weight is 295 g/mol. The van der Waals surface area contributed by atoms with Gasteiger partial charge in [-0.3, -0.25) is 0 Å². The molecule has 0 saturated carbocycles. The van der Waals surface area contributed by atoms with E-state index < -0.39 is 0 Å². The van der Waals surface area contributed by atoms with Gasteiger partial charge in [-0.2, -0.15) is 0 Å². The van der Waals surface area contributed by atoms with Gasteiger partial charge in [0.25, 0.3) is 0 Å². The fraction of sp³-hybridized carbons (Fsp3) is 0.818. The molecule has 0 aromatic heterocycles. The summed E-state index contributed by atoms with van der Waals surface area (Å²) in [6.45, 7) is 11.3. The molecule has 0 amide bonds. The Morgan fingerprint density at radius 1 is 1.31 bits per heavy atom. The van der Waals surface area contributed by atoms with E-state index in [2.05, 4.69) is 68.6 Å². The summed E-state index contributed by atoms with van der Waals surface area (Å²) in [5.74, 6) is 2.18. The quantitative estimate of drug-likeness (QED) is 0.462. The highest BCUT2D eigenvalue weighted by Crippen LogP contribution is 2.21. The summed E-state index contributed by atoms with van der Waals surface area (Å²) in [4.78, 5) is 0. The van der Waals surface area contributed by atoms with Crippen molar-refractivity contribution in [1.82, 2.24) is 5.32 Å². The van der Waals surface area contributed by atoms with Crippen LogP contribution in [-0.2, 0) is 0 Å². The Hall–Kier alpha value is 0.270. The van der Waals surface area contributed by atoms with E-state index in [0.29, 0.717) is 5.92 Å². The first kappa shape index (κ1) is 13.3. The molecular weight excluding hydrogens is 273 g/mol. The maximum absolute atomic E-state index is 3.32. The molecule has 0 aliphatic heterocycles. The van der Waals surface area contributed by atoms with Crippen LogP contribution in [0, 0.1) is 17.8 Å². The fourth-order valence-electron chi connectivity index (χ4n) is 1.32. The van der Waals surface area contributed by atoms with Gasteiger partial charge < -0.3 is 5.32 Å². The predicted molar refractivity (Wildman–Crippen MR) is 68.9 cm³/mol. The van der Waals surface area contributed by atoms with E-state index in [9.17, 15) is 0 Å². The number of rotatable bonds is 5. The zero-order valence-corrected chi connectivity index (χ0v) is 11.6. The van der Waals surface area contributed by atoms with Crippen molar-refractivity contribution in [1.29, 1.82) is 0 Å². The molecule has 0 fully saturated rings. The van der Waals surface area contributed by atoms with E-state index in [1.165, 1.54) is 5.70 Å². The molecule has 1 N–H and O–H groups in total. The summed E-state index contributed by atoms with van der Waals surface area (Å²) in [5, 5.41) is 3.32. The first-order valence-corrected chi connectivity index (χ1v) is 6.49. The molecule has 0 aromatic rings. The summed E-state index contributed by atoms with van der Waals surface area (Å²) < 4.78 is 0.989. The van der Waals surface area contributed by atoms with Crippen LogP contribution in [0.1, 0.15) is 34.6 Å². The number of nitrogens with one attached hydrogen (secondary N) is 1. The van der Waals surface area contributed by atoms with Crippen LogP contribution < -0.4 is 5.32 Å². The number of halogens is 1. The molecule has 0 rings (SSSR count). The van der Waals surface area contributed by atoms with Gasteiger partial charge in [0.15, 0.2) is 0 Å². The van der Waals surface area contributed by atoms with Crippen LogP contribution >= 0.6 is 22.6 Å². The zero-order valence-electron chi connectivity index (χ0n) is 9.39. The molecule has 0 aliphatic carbocycles. The van der Waals surface area contributed by atoms with Gasteiger partial charge in [0, 0.05) is 5.70 Å². The number of allylic oxidation sites excluding steroid dienone is 2. The third-order valence-electron chi connectivity index (χ3n) is 2.74. The van der Waals surface area contributed by atoms with Gasteiger partial charge in [0.05, 0.1) is 4.55 Å². The molecule has 1 nitrogen and oxygen atoms in total. The molecule has 13 heavy (non-hydrogen) atoms. The van der Waals surface area contributed by atoms with E-state index in [1.807, 2.05) is 0 Å². The minimum absolute atomic E-state index is 0.662. The van der Waals surface area contributed by atoms with E-state index >= 15 is 0 Å². The van der Waals surface area contributed by atoms with Crippen LogP contribution in [0.3, 0.4) is 0 Å². The van der Waals surface area contributed by atoms with Crippen molar-refractivity contribution in [2.75, 3.05) is 4.55 Å². The smallest absolute Gasteiger partial charge is 0.0667 e. The lowest BCUT2D eigenvalue weighted by Crippen LogP contribution is -2.15. The Balaban J connectivity index is 4.10. The fourth-order valence-corrected chi connectivity index (χ4v) is 1.92. The third-order valence-corrected chi connectivity index (χ3v) is 3.12. The summed E-state index contributed by atoms with van der Waals surface area (Å²) in [6.07, 6.45) is 2.34. The SMILES string of the molecule is C/C(=C\C(C)C(C)C(C)C)NCI. The van der Waals surface area contributed by atoms with Crippen molar-refractivity contribution in [3.63, 3.8) is 0 Å². The predicted octanol–water partition coefficient (Wildman–Crippen LogP) is 3.80. The van der Waals surface area contributed by atoms with Crippen LogP contribution in [0.25, 0.3) is 0 Å². The van der Waals surface area contributed by atoms with Crippen molar-refractivity contribution in [2.24, 2.45) is 17.8 Å². The molecule has 0 saturated heterocycles. The Morgan fingerprint density at radius 3 is 2.23 bits per heavy atom. The third kappa shape index (κ3) is 5.55. The lowest BCUT2D eigenvalue weighted by atomic mass is 9.86. The van der Waals surface area contributed by atoms with Gasteiger partial charge in [-0.1, -0.05) is 56.4 Å². The minimum atomic E-state index is 0.662. The average Bonchev–Trinajstić information content (AvgIpc) is 2.03. The molecule has 0 spiro atoms. The van der Waals surface area contributed by atoms with Gasteiger partial charge in [0.1, 0.15) is 0 Å². The minimum Gasteiger partial charge on any atom is -0.380 e. The van der Waals surface area contributed by atoms with Crippen LogP contribution in [0.2, 0.25) is 0 Å². The summed E-state index contributed by atoms with van der Waals surface area (Å²) in [5.41, 5.74) is 1.30. The summed E-state index contributed by atoms with van der Waals surface area (Å²) in [6, 6.07) is 0. The normalized spacial score (nSPS) is 17.3. The largest absolute Gasteiger partial charge is 0.380 e. The van der Waals surface area contributed by atoms with Crippen molar-refractivity contribution < 1.29 is 0 Å². The Kier molecular flexibility index (Phi) is 6.82. The highest BCUT2D eigenvalue weighted by Gasteiger charge is 2.13. The molecule has 0 aromatic carbocycles. The molecular formula is C11H22IN. The zero-order chi connectivity index (χ0) is 10.4. The highest BCUT2D eigenvalue weighted by molar-refractivity contribution is 14.1. The van der Waals surface area contributed by atoms with Crippen molar-refractivity contribution in [3.05, 3.63) is 11.8 Å². The maximum Gasteiger partial charge on any atom is 0.0667 e. The second kappa shape index (κ2) is 6.68. The number of hydrogen-bond donors (Lipinski definition) is 1. The summed E-state index contributed by atoms with van der Waals surface area (Å²) in [7, 11) is 0. The van der Waals surface area contributed by atoms with E-state index in [0.717, 1.165) is 16.4 Å². The Morgan fingerprint density at radius 2 is 1.85 bits per heavy atom. The first-order chi connectivity index (χ1) is 5.99. The van der Waals surface area contributed by atoms with Gasteiger partial charge in [-0.15, -0.1) is 0 Å². The van der Waals surface area contributed by atoms with Crippen molar-refractivity contribution in [3.8, 4) is 0 Å². The summed E-state index contributed by atoms with van der Waals surface area (Å²) >= 11 is 2.33. The first-order valence-electron chi connectivity index (χ1n) is 4.97. The van der Waals surface area contributed by atoms with Gasteiger partial charge in [0.2, 0.25) is 0 Å². The highest BCUT2D eigenvalue weighted by atomic mass is 127. The molecule has 0 heterocycles. The second-order valence-corrected chi connectivity index (χ2v) is 4.89. The van der Waals surface area contributed by atoms with Crippen molar-refractivity contribution in [2.45, 2.75) is 34.6 Å². The molecule has 2 atom stereocenters. The molecule has 2 heteroatoms. The van der Waals surface area contributed by atoms with E-state index in [1.54, 1.807) is 0 Å². The molecule has 0 aliphatic rings. The molecule has 0 radical (unpaired) electrons. The monoisotopic (exact) mass is 295 g/mol. The lowest BCUT2D eigenvalue weighted by molar-refractivity contribution is 0.341. The molecule has 0 bridgehead atoms. The van der Waals surface area contributed by atoms with E-state index in [4.69, 9.17) is 0 Å². The van der Waals surface area contributed by atoms with Crippen LogP contribution in [0.4, 0.5) is 0 Å². The standard InChI is InChI=1S/C11H22IN/c1-8(2)11(5)9(3)6-10(4)13-7-12/h6,8-9,11,13H,7H2,1-5H3/b10-6+. The van der Waals surface area contributed by atoms with Crippen molar-refractivity contribution >= 4 is 22.6 Å². The maximum atomic E-state index is 3.32. The molecule has 78 valence electrons. The van der Waals surface area contributed by atoms with Gasteiger partial charge in [-0.25, -0.2) is 0 Å². The molecule has 2 unspecified atom stereocenters. The van der Waals surface area contributed by atoms with Crippen LogP contribution in [0.5, 0.6) is 0 Å². The van der Waals surface area contributed by atoms with Crippen LogP contribution in [-0.4, -0.2) is 4.55 Å². The Labute approximate surface area is 96.5 Å². The van der Waals surface area contributed by atoms with E-state index in [-0.39, 0.29) is 0 Å². The number of alkyl halides is 1. The van der Waals surface area contributed by atoms with Gasteiger partial charge >= 0.3 is 0 Å². The Bertz CT molecular complexity index is 163. The van der Waals surface area contributed by atoms with Crippen LogP contribution in [0.15, 0.2) is 11.8 Å². The topological polar surface area (TPSA) is 12.0 Å².